The first-order valence-corrected chi connectivity index (χ1v) is 7.49. The van der Waals surface area contributed by atoms with E-state index in [0.29, 0.717) is 18.3 Å². The lowest BCUT2D eigenvalue weighted by molar-refractivity contribution is 0.0708. The van der Waals surface area contributed by atoms with E-state index < -0.39 is 0 Å². The molecule has 0 atom stereocenters. The van der Waals surface area contributed by atoms with E-state index in [9.17, 15) is 4.79 Å². The maximum atomic E-state index is 12.9. The molecular formula is C17H21N3O. The summed E-state index contributed by atoms with van der Waals surface area (Å²) in [5, 5.41) is 0.932. The summed E-state index contributed by atoms with van der Waals surface area (Å²) in [7, 11) is 0. The van der Waals surface area contributed by atoms with Gasteiger partial charge in [0.1, 0.15) is 0 Å². The standard InChI is InChI=1S/C17H21N3O/c1-2-9-20(13-5-3-4-6-13)17(21)15-11-19-16-10-12(18)7-8-14(15)16/h2,7-8,10-11,13,19H,1,3-6,9,18H2. The molecule has 0 aliphatic heterocycles. The van der Waals surface area contributed by atoms with Crippen LogP contribution in [0.4, 0.5) is 5.69 Å². The molecule has 1 saturated carbocycles. The van der Waals surface area contributed by atoms with Crippen LogP contribution in [0, 0.1) is 0 Å². The van der Waals surface area contributed by atoms with Crippen LogP contribution >= 0.6 is 0 Å². The third-order valence-corrected chi connectivity index (χ3v) is 4.29. The topological polar surface area (TPSA) is 62.1 Å². The van der Waals surface area contributed by atoms with E-state index in [0.717, 1.165) is 29.3 Å². The zero-order valence-electron chi connectivity index (χ0n) is 12.1. The number of rotatable bonds is 4. The maximum Gasteiger partial charge on any atom is 0.256 e. The number of hydrogen-bond acceptors (Lipinski definition) is 2. The van der Waals surface area contributed by atoms with E-state index in [1.807, 2.05) is 29.2 Å². The van der Waals surface area contributed by atoms with Gasteiger partial charge in [0, 0.05) is 35.4 Å². The summed E-state index contributed by atoms with van der Waals surface area (Å²) < 4.78 is 0. The summed E-state index contributed by atoms with van der Waals surface area (Å²) in [4.78, 5) is 18.0. The van der Waals surface area contributed by atoms with Gasteiger partial charge in [0.05, 0.1) is 5.56 Å². The van der Waals surface area contributed by atoms with Crippen molar-refractivity contribution in [1.29, 1.82) is 0 Å². The Labute approximate surface area is 124 Å². The molecule has 0 unspecified atom stereocenters. The fraction of sp³-hybridized carbons (Fsp3) is 0.353. The second-order valence-corrected chi connectivity index (χ2v) is 5.69. The van der Waals surface area contributed by atoms with Crippen LogP contribution in [0.2, 0.25) is 0 Å². The Bertz CT molecular complexity index is 668. The van der Waals surface area contributed by atoms with Crippen LogP contribution in [-0.2, 0) is 0 Å². The number of nitrogens with two attached hydrogens (primary N) is 1. The van der Waals surface area contributed by atoms with Crippen LogP contribution < -0.4 is 5.73 Å². The number of aromatic amines is 1. The van der Waals surface area contributed by atoms with Crippen LogP contribution in [0.3, 0.4) is 0 Å². The van der Waals surface area contributed by atoms with Crippen molar-refractivity contribution in [3.8, 4) is 0 Å². The first-order chi connectivity index (χ1) is 10.2. The van der Waals surface area contributed by atoms with Gasteiger partial charge in [-0.15, -0.1) is 6.58 Å². The number of nitrogens with one attached hydrogen (secondary N) is 1. The molecule has 4 heteroatoms. The second kappa shape index (κ2) is 5.64. The zero-order chi connectivity index (χ0) is 14.8. The van der Waals surface area contributed by atoms with Gasteiger partial charge < -0.3 is 15.6 Å². The molecule has 110 valence electrons. The molecule has 2 aromatic rings. The molecule has 1 heterocycles. The van der Waals surface area contributed by atoms with Gasteiger partial charge in [-0.3, -0.25) is 4.79 Å². The van der Waals surface area contributed by atoms with Crippen molar-refractivity contribution < 1.29 is 4.79 Å². The number of nitrogen functional groups attached to an aromatic ring is 1. The average Bonchev–Trinajstić information content (AvgIpc) is 3.12. The summed E-state index contributed by atoms with van der Waals surface area (Å²) in [6.45, 7) is 4.39. The second-order valence-electron chi connectivity index (χ2n) is 5.69. The Balaban J connectivity index is 1.95. The highest BCUT2D eigenvalue weighted by atomic mass is 16.2. The quantitative estimate of drug-likeness (QED) is 0.668. The van der Waals surface area contributed by atoms with Crippen molar-refractivity contribution in [3.05, 3.63) is 42.6 Å². The Morgan fingerprint density at radius 3 is 2.90 bits per heavy atom. The number of H-pyrrole nitrogens is 1. The van der Waals surface area contributed by atoms with Crippen LogP contribution in [-0.4, -0.2) is 28.4 Å². The van der Waals surface area contributed by atoms with Crippen molar-refractivity contribution >= 4 is 22.5 Å². The number of amides is 1. The predicted molar refractivity (Wildman–Crippen MR) is 86.2 cm³/mol. The van der Waals surface area contributed by atoms with Gasteiger partial charge in [-0.1, -0.05) is 18.9 Å². The van der Waals surface area contributed by atoms with Crippen molar-refractivity contribution in [3.63, 3.8) is 0 Å². The van der Waals surface area contributed by atoms with Gasteiger partial charge in [0.2, 0.25) is 0 Å². The molecule has 1 fully saturated rings. The third kappa shape index (κ3) is 2.53. The molecule has 3 rings (SSSR count). The molecule has 1 aliphatic rings. The summed E-state index contributed by atoms with van der Waals surface area (Å²) in [5.74, 6) is 0.0813. The van der Waals surface area contributed by atoms with E-state index >= 15 is 0 Å². The van der Waals surface area contributed by atoms with Gasteiger partial charge in [-0.2, -0.15) is 0 Å². The minimum absolute atomic E-state index is 0.0813. The Kier molecular flexibility index (Phi) is 3.69. The highest BCUT2D eigenvalue weighted by molar-refractivity contribution is 6.07. The highest BCUT2D eigenvalue weighted by Crippen LogP contribution is 2.27. The molecule has 1 aromatic carbocycles. The maximum absolute atomic E-state index is 12.9. The monoisotopic (exact) mass is 283 g/mol. The van der Waals surface area contributed by atoms with Gasteiger partial charge in [-0.25, -0.2) is 0 Å². The zero-order valence-corrected chi connectivity index (χ0v) is 12.1. The number of carbonyl (C=O) groups is 1. The SMILES string of the molecule is C=CCN(C(=O)c1c[nH]c2cc(N)ccc12)C1CCCC1. The fourth-order valence-electron chi connectivity index (χ4n) is 3.23. The number of aromatic nitrogens is 1. The lowest BCUT2D eigenvalue weighted by atomic mass is 10.1. The normalized spacial score (nSPS) is 15.4. The number of nitrogens with zero attached hydrogens (tertiary/aromatic N) is 1. The Morgan fingerprint density at radius 2 is 2.19 bits per heavy atom. The van der Waals surface area contributed by atoms with Crippen LogP contribution in [0.25, 0.3) is 10.9 Å². The Morgan fingerprint density at radius 1 is 1.43 bits per heavy atom. The number of benzene rings is 1. The van der Waals surface area contributed by atoms with Gasteiger partial charge >= 0.3 is 0 Å². The predicted octanol–water partition coefficient (Wildman–Crippen LogP) is 3.32. The third-order valence-electron chi connectivity index (χ3n) is 4.29. The number of anilines is 1. The molecule has 4 nitrogen and oxygen atoms in total. The van der Waals surface area contributed by atoms with Crippen molar-refractivity contribution in [2.24, 2.45) is 0 Å². The van der Waals surface area contributed by atoms with Crippen molar-refractivity contribution in [2.45, 2.75) is 31.7 Å². The molecule has 3 N–H and O–H groups in total. The smallest absolute Gasteiger partial charge is 0.256 e. The first-order valence-electron chi connectivity index (χ1n) is 7.49. The Hall–Kier alpha value is -2.23. The molecule has 21 heavy (non-hydrogen) atoms. The lowest BCUT2D eigenvalue weighted by Crippen LogP contribution is -2.38. The minimum Gasteiger partial charge on any atom is -0.399 e. The first kappa shape index (κ1) is 13.7. The van der Waals surface area contributed by atoms with Crippen LogP contribution in [0.5, 0.6) is 0 Å². The van der Waals surface area contributed by atoms with Crippen LogP contribution in [0.1, 0.15) is 36.0 Å². The van der Waals surface area contributed by atoms with Crippen molar-refractivity contribution in [1.82, 2.24) is 9.88 Å². The largest absolute Gasteiger partial charge is 0.399 e. The van der Waals surface area contributed by atoms with Crippen molar-refractivity contribution in [2.75, 3.05) is 12.3 Å². The minimum atomic E-state index is 0.0813. The summed E-state index contributed by atoms with van der Waals surface area (Å²) in [6.07, 6.45) is 8.19. The van der Waals surface area contributed by atoms with Crippen LogP contribution in [0.15, 0.2) is 37.1 Å². The summed E-state index contributed by atoms with van der Waals surface area (Å²) in [5.41, 5.74) is 8.11. The summed E-state index contributed by atoms with van der Waals surface area (Å²) >= 11 is 0. The molecule has 0 radical (unpaired) electrons. The molecule has 0 bridgehead atoms. The highest BCUT2D eigenvalue weighted by Gasteiger charge is 2.27. The fourth-order valence-corrected chi connectivity index (χ4v) is 3.23. The van der Waals surface area contributed by atoms with E-state index in [-0.39, 0.29) is 5.91 Å². The van der Waals surface area contributed by atoms with Gasteiger partial charge in [-0.05, 0) is 31.0 Å². The average molecular weight is 283 g/mol. The molecule has 1 aliphatic carbocycles. The molecule has 1 aromatic heterocycles. The van der Waals surface area contributed by atoms with E-state index in [4.69, 9.17) is 5.73 Å². The number of hydrogen-bond donors (Lipinski definition) is 2. The van der Waals surface area contributed by atoms with Gasteiger partial charge in [0.25, 0.3) is 5.91 Å². The number of fused-ring (bicyclic) bond motifs is 1. The molecule has 1 amide bonds. The molecule has 0 spiro atoms. The lowest BCUT2D eigenvalue weighted by Gasteiger charge is -2.27. The van der Waals surface area contributed by atoms with E-state index in [1.165, 1.54) is 12.8 Å². The molecular weight excluding hydrogens is 262 g/mol. The van der Waals surface area contributed by atoms with E-state index in [2.05, 4.69) is 11.6 Å². The summed E-state index contributed by atoms with van der Waals surface area (Å²) in [6, 6.07) is 5.95. The molecule has 0 saturated heterocycles. The van der Waals surface area contributed by atoms with Gasteiger partial charge in [0.15, 0.2) is 0 Å². The van der Waals surface area contributed by atoms with E-state index in [1.54, 1.807) is 6.20 Å². The number of carbonyl (C=O) groups excluding carboxylic acids is 1.